The molecule has 3 rings (SSSR count). The fraction of sp³-hybridized carbons (Fsp3) is 0.586. The van der Waals surface area contributed by atoms with E-state index in [-0.39, 0.29) is 6.04 Å². The van der Waals surface area contributed by atoms with E-state index in [9.17, 15) is 48.3 Å². The van der Waals surface area contributed by atoms with Crippen molar-refractivity contribution in [2.24, 2.45) is 0 Å². The molecule has 16 heteroatoms. The van der Waals surface area contributed by atoms with E-state index in [2.05, 4.69) is 49.9 Å². The lowest BCUT2D eigenvalue weighted by atomic mass is 9.79. The molecule has 1 aliphatic rings. The summed E-state index contributed by atoms with van der Waals surface area (Å²) < 4.78 is 110. The maximum absolute atomic E-state index is 12.2. The van der Waals surface area contributed by atoms with Crippen LogP contribution in [0, 0.1) is 0 Å². The number of unbranched alkanes of at least 4 members (excludes halogenated alkanes) is 1. The van der Waals surface area contributed by atoms with Crippen molar-refractivity contribution < 1.29 is 52.8 Å². The molecule has 1 N–H and O–H groups in total. The number of hydrogen-bond donors (Lipinski definition) is 1. The molecule has 2 aromatic rings. The van der Waals surface area contributed by atoms with E-state index >= 15 is 0 Å². The first-order chi connectivity index (χ1) is 20.8. The molecule has 0 aliphatic carbocycles. The topological polar surface area (TPSA) is 106 Å². The molecule has 0 radical (unpaired) electrons. The number of quaternary nitrogens is 1. The van der Waals surface area contributed by atoms with Gasteiger partial charge in [-0.3, -0.25) is 4.90 Å². The molecule has 2 aromatic carbocycles. The van der Waals surface area contributed by atoms with Crippen molar-refractivity contribution >= 4 is 20.0 Å². The first-order valence-electron chi connectivity index (χ1n) is 14.6. The first kappa shape index (κ1) is 38.9. The molecule has 0 amide bonds. The van der Waals surface area contributed by atoms with E-state index in [0.717, 1.165) is 41.2 Å². The zero-order chi connectivity index (χ0) is 34.2. The summed E-state index contributed by atoms with van der Waals surface area (Å²) in [6, 6.07) is 20.7. The fourth-order valence-electron chi connectivity index (χ4n) is 5.62. The largest absolute Gasteiger partial charge is 0.480 e. The van der Waals surface area contributed by atoms with E-state index < -0.39 is 36.7 Å². The van der Waals surface area contributed by atoms with Crippen LogP contribution in [0.1, 0.15) is 57.6 Å². The number of sulfonamides is 2. The number of likely N-dealkylation sites (tertiary alicyclic amines) is 1. The molecule has 0 unspecified atom stereocenters. The average Bonchev–Trinajstić information content (AvgIpc) is 3.46. The Morgan fingerprint density at radius 3 is 1.58 bits per heavy atom. The summed E-state index contributed by atoms with van der Waals surface area (Å²) >= 11 is 0. The molecule has 1 saturated heterocycles. The molecule has 1 aliphatic heterocycles. The molecular formula is C29H41F6N3O5S2. The van der Waals surface area contributed by atoms with Gasteiger partial charge in [0.1, 0.15) is 5.60 Å². The standard InChI is InChI=1S/C27H41N2O.C2F6NO4S2/c1-4-29(5-2,6-3)23-14-13-21-28-22-15-20-26(28)27(30,24-16-9-7-10-17-24)25-18-11-8-12-19-25;3-1(4,5)14(10,11)9-15(12,13)2(6,7)8/h7-12,16-19,26,30H,4-6,13-15,20-23H2,1-3H3;/q+1;-1/t26-;/m0./s1. The zero-order valence-corrected chi connectivity index (χ0v) is 27.1. The van der Waals surface area contributed by atoms with E-state index in [1.54, 1.807) is 0 Å². The summed E-state index contributed by atoms with van der Waals surface area (Å²) in [5.41, 5.74) is -11.4. The highest BCUT2D eigenvalue weighted by Crippen LogP contribution is 2.40. The number of hydrogen-bond acceptors (Lipinski definition) is 6. The van der Waals surface area contributed by atoms with E-state index in [4.69, 9.17) is 0 Å². The van der Waals surface area contributed by atoms with Gasteiger partial charge in [-0.05, 0) is 70.7 Å². The van der Waals surface area contributed by atoms with Gasteiger partial charge in [0.15, 0.2) is 20.0 Å². The fourth-order valence-corrected chi connectivity index (χ4v) is 7.33. The van der Waals surface area contributed by atoms with Gasteiger partial charge in [-0.1, -0.05) is 60.7 Å². The van der Waals surface area contributed by atoms with Crippen molar-refractivity contribution in [1.82, 2.24) is 4.90 Å². The lowest BCUT2D eigenvalue weighted by molar-refractivity contribution is -0.923. The maximum Gasteiger partial charge on any atom is 0.480 e. The van der Waals surface area contributed by atoms with E-state index in [1.807, 2.05) is 36.4 Å². The van der Waals surface area contributed by atoms with Crippen LogP contribution in [0.4, 0.5) is 26.3 Å². The minimum Gasteiger partial charge on any atom is -0.421 e. The Morgan fingerprint density at radius 2 is 1.20 bits per heavy atom. The van der Waals surface area contributed by atoms with E-state index in [1.165, 1.54) is 43.5 Å². The molecule has 0 saturated carbocycles. The van der Waals surface area contributed by atoms with Gasteiger partial charge in [0.25, 0.3) is 0 Å². The molecule has 256 valence electrons. The van der Waals surface area contributed by atoms with Gasteiger partial charge < -0.3 is 13.7 Å². The molecule has 1 heterocycles. The maximum atomic E-state index is 12.2. The lowest BCUT2D eigenvalue weighted by Gasteiger charge is -2.40. The first-order valence-corrected chi connectivity index (χ1v) is 17.5. The predicted molar refractivity (Wildman–Crippen MR) is 160 cm³/mol. The summed E-state index contributed by atoms with van der Waals surface area (Å²) in [5, 5.41) is 12.2. The van der Waals surface area contributed by atoms with Crippen LogP contribution in [0.3, 0.4) is 0 Å². The predicted octanol–water partition coefficient (Wildman–Crippen LogP) is 6.10. The molecular weight excluding hydrogens is 648 g/mol. The average molecular weight is 690 g/mol. The van der Waals surface area contributed by atoms with Crippen molar-refractivity contribution in [2.75, 3.05) is 39.3 Å². The third-order valence-electron chi connectivity index (χ3n) is 8.40. The summed E-state index contributed by atoms with van der Waals surface area (Å²) in [6.45, 7) is 14.1. The number of aliphatic hydroxyl groups is 1. The minimum atomic E-state index is -6.72. The molecule has 0 spiro atoms. The third-order valence-corrected chi connectivity index (χ3v) is 11.1. The number of benzene rings is 2. The SMILES string of the molecule is CC[N+](CC)(CC)CCCCN1CCC[C@H]1C(O)(c1ccccc1)c1ccccc1.O=S(=O)([N-]S(=O)(=O)C(F)(F)F)C(F)(F)F. The quantitative estimate of drug-likeness (QED) is 0.155. The Bertz CT molecular complexity index is 1310. The second-order valence-electron chi connectivity index (χ2n) is 10.8. The Labute approximate surface area is 261 Å². The van der Waals surface area contributed by atoms with Crippen molar-refractivity contribution in [1.29, 1.82) is 0 Å². The van der Waals surface area contributed by atoms with Crippen LogP contribution in [-0.4, -0.2) is 87.7 Å². The van der Waals surface area contributed by atoms with Crippen LogP contribution in [0.2, 0.25) is 0 Å². The van der Waals surface area contributed by atoms with Gasteiger partial charge in [-0.25, -0.2) is 16.8 Å². The van der Waals surface area contributed by atoms with Gasteiger partial charge >= 0.3 is 11.0 Å². The summed E-state index contributed by atoms with van der Waals surface area (Å²) in [7, 11) is -13.4. The minimum absolute atomic E-state index is 0.130. The lowest BCUT2D eigenvalue weighted by Crippen LogP contribution is -2.49. The van der Waals surface area contributed by atoms with E-state index in [0.29, 0.717) is 0 Å². The van der Waals surface area contributed by atoms with Gasteiger partial charge in [0.05, 0.1) is 26.2 Å². The number of alkyl halides is 6. The number of nitrogens with zero attached hydrogens (tertiary/aromatic N) is 3. The molecule has 8 nitrogen and oxygen atoms in total. The van der Waals surface area contributed by atoms with Crippen molar-refractivity contribution in [3.63, 3.8) is 0 Å². The molecule has 1 atom stereocenters. The Hall–Kier alpha value is -2.24. The van der Waals surface area contributed by atoms with Crippen LogP contribution in [0.15, 0.2) is 60.7 Å². The molecule has 1 fully saturated rings. The third kappa shape index (κ3) is 9.64. The highest BCUT2D eigenvalue weighted by molar-refractivity contribution is 8.13. The smallest absolute Gasteiger partial charge is 0.421 e. The van der Waals surface area contributed by atoms with Gasteiger partial charge in [-0.2, -0.15) is 26.3 Å². The highest BCUT2D eigenvalue weighted by Gasteiger charge is 2.47. The highest BCUT2D eigenvalue weighted by atomic mass is 32.3. The number of halogens is 6. The summed E-state index contributed by atoms with van der Waals surface area (Å²) in [4.78, 5) is 2.55. The summed E-state index contributed by atoms with van der Waals surface area (Å²) in [6.07, 6.45) is 4.66. The zero-order valence-electron chi connectivity index (χ0n) is 25.4. The van der Waals surface area contributed by atoms with Crippen molar-refractivity contribution in [3.05, 3.63) is 75.9 Å². The molecule has 0 aromatic heterocycles. The van der Waals surface area contributed by atoms with Crippen LogP contribution in [0.25, 0.3) is 4.13 Å². The monoisotopic (exact) mass is 689 g/mol. The Morgan fingerprint density at radius 1 is 0.778 bits per heavy atom. The second kappa shape index (κ2) is 15.6. The van der Waals surface area contributed by atoms with Crippen molar-refractivity contribution in [2.45, 2.75) is 69.1 Å². The van der Waals surface area contributed by atoms with Crippen LogP contribution in [0.5, 0.6) is 0 Å². The Balaban J connectivity index is 0.000000399. The number of rotatable bonds is 13. The van der Waals surface area contributed by atoms with Gasteiger partial charge in [0, 0.05) is 6.04 Å². The normalized spacial score (nSPS) is 17.2. The van der Waals surface area contributed by atoms with Crippen LogP contribution < -0.4 is 0 Å². The van der Waals surface area contributed by atoms with Crippen LogP contribution in [-0.2, 0) is 25.6 Å². The van der Waals surface area contributed by atoms with Gasteiger partial charge in [0.2, 0.25) is 0 Å². The van der Waals surface area contributed by atoms with Crippen molar-refractivity contribution in [3.8, 4) is 0 Å². The Kier molecular flexibility index (Phi) is 13.5. The molecule has 0 bridgehead atoms. The molecule has 45 heavy (non-hydrogen) atoms. The summed E-state index contributed by atoms with van der Waals surface area (Å²) in [5.74, 6) is 0. The van der Waals surface area contributed by atoms with Gasteiger partial charge in [-0.15, -0.1) is 0 Å². The second-order valence-corrected chi connectivity index (χ2v) is 14.3. The van der Waals surface area contributed by atoms with Crippen LogP contribution >= 0.6 is 0 Å².